The number of rotatable bonds is 8. The largest absolute Gasteiger partial charge is 0.493 e. The average molecular weight is 484 g/mol. The Morgan fingerprint density at radius 3 is 2.56 bits per heavy atom. The highest BCUT2D eigenvalue weighted by Crippen LogP contribution is 2.42. The molecule has 1 saturated heterocycles. The summed E-state index contributed by atoms with van der Waals surface area (Å²) in [6, 6.07) is 17.8. The number of thiophene rings is 1. The number of carbonyl (C=O) groups is 1. The van der Waals surface area contributed by atoms with Crippen LogP contribution in [0.2, 0.25) is 0 Å². The van der Waals surface area contributed by atoms with Gasteiger partial charge in [0, 0.05) is 34.3 Å². The van der Waals surface area contributed by atoms with Gasteiger partial charge in [0.25, 0.3) is 0 Å². The van der Waals surface area contributed by atoms with E-state index in [2.05, 4.69) is 41.6 Å². The van der Waals surface area contributed by atoms with Crippen molar-refractivity contribution in [3.05, 3.63) is 82.1 Å². The van der Waals surface area contributed by atoms with Crippen molar-refractivity contribution >= 4 is 17.7 Å². The molecule has 0 aliphatic carbocycles. The number of ether oxygens (including phenoxy) is 1. The second-order valence-corrected chi connectivity index (χ2v) is 10.5. The van der Waals surface area contributed by atoms with Gasteiger partial charge in [-0.15, -0.1) is 11.3 Å². The predicted molar refractivity (Wildman–Crippen MR) is 135 cm³/mol. The van der Waals surface area contributed by atoms with E-state index in [0.717, 1.165) is 48.7 Å². The minimum atomic E-state index is -0.107. The number of carbonyl (C=O) groups excluding carboxylic acids is 1. The van der Waals surface area contributed by atoms with Crippen LogP contribution in [0.25, 0.3) is 0 Å². The molecule has 0 spiro atoms. The minimum absolute atomic E-state index is 0.0334. The van der Waals surface area contributed by atoms with Gasteiger partial charge in [0.05, 0.1) is 6.61 Å². The van der Waals surface area contributed by atoms with Crippen molar-refractivity contribution in [2.75, 3.05) is 19.7 Å². The number of benzene rings is 1. The number of amides is 1. The summed E-state index contributed by atoms with van der Waals surface area (Å²) in [6.45, 7) is 9.21. The first kappa shape index (κ1) is 25.8. The molecule has 4 rings (SSSR count). The summed E-state index contributed by atoms with van der Waals surface area (Å²) in [5.41, 5.74) is 6.36. The van der Waals surface area contributed by atoms with Crippen LogP contribution in [0.5, 0.6) is 5.75 Å². The molecule has 1 amide bonds. The third kappa shape index (κ3) is 6.64. The fraction of sp³-hybridized carbons (Fsp3) is 0.407. The number of halogens is 1. The van der Waals surface area contributed by atoms with Gasteiger partial charge >= 0.3 is 0 Å². The van der Waals surface area contributed by atoms with Gasteiger partial charge in [0.1, 0.15) is 5.75 Å². The predicted octanol–water partition coefficient (Wildman–Crippen LogP) is 5.33. The Morgan fingerprint density at radius 2 is 1.94 bits per heavy atom. The van der Waals surface area contributed by atoms with Gasteiger partial charge < -0.3 is 10.5 Å². The molecule has 0 bridgehead atoms. The van der Waals surface area contributed by atoms with Crippen LogP contribution in [0.3, 0.4) is 0 Å². The Kier molecular flexibility index (Phi) is 8.80. The van der Waals surface area contributed by atoms with Gasteiger partial charge in [0.15, 0.2) is 5.13 Å². The highest BCUT2D eigenvalue weighted by molar-refractivity contribution is 7.10. The topological polar surface area (TPSA) is 68.4 Å². The molecule has 0 radical (unpaired) electrons. The third-order valence-corrected chi connectivity index (χ3v) is 7.60. The molecule has 1 aliphatic heterocycles. The smallest absolute Gasteiger partial charge is 0.204 e. The number of aryl methyl sites for hydroxylation is 2. The Bertz CT molecular complexity index is 1040. The average Bonchev–Trinajstić information content (AvgIpc) is 3.45. The lowest BCUT2D eigenvalue weighted by molar-refractivity contribution is -0.106. The SMILES string of the molecule is Cc1ccc(C(C)(C)N2CCC(CCc3ccc(F)s3)(COc3ccccc3)C2)cn1.NC=O. The lowest BCUT2D eigenvalue weighted by atomic mass is 9.82. The Morgan fingerprint density at radius 1 is 1.21 bits per heavy atom. The number of nitrogens with zero attached hydrogens (tertiary/aromatic N) is 2. The zero-order chi connectivity index (χ0) is 24.6. The van der Waals surface area contributed by atoms with Gasteiger partial charge in [-0.1, -0.05) is 24.3 Å². The van der Waals surface area contributed by atoms with Crippen molar-refractivity contribution in [3.63, 3.8) is 0 Å². The second kappa shape index (κ2) is 11.6. The van der Waals surface area contributed by atoms with Crippen molar-refractivity contribution in [1.29, 1.82) is 0 Å². The van der Waals surface area contributed by atoms with Gasteiger partial charge in [-0.3, -0.25) is 14.7 Å². The molecule has 1 aliphatic rings. The van der Waals surface area contributed by atoms with E-state index in [-0.39, 0.29) is 22.5 Å². The quantitative estimate of drug-likeness (QED) is 0.440. The Hall–Kier alpha value is -2.77. The molecule has 1 atom stereocenters. The molecule has 1 fully saturated rings. The number of likely N-dealkylation sites (tertiary alicyclic amines) is 1. The highest BCUT2D eigenvalue weighted by Gasteiger charge is 2.44. The van der Waals surface area contributed by atoms with Crippen molar-refractivity contribution < 1.29 is 13.9 Å². The summed E-state index contributed by atoms with van der Waals surface area (Å²) in [4.78, 5) is 16.8. The summed E-state index contributed by atoms with van der Waals surface area (Å²) < 4.78 is 19.8. The minimum Gasteiger partial charge on any atom is -0.493 e. The van der Waals surface area contributed by atoms with Crippen LogP contribution < -0.4 is 10.5 Å². The molecular formula is C27H34FN3O2S. The Balaban J connectivity index is 0.00000103. The van der Waals surface area contributed by atoms with Crippen LogP contribution in [0.15, 0.2) is 60.8 Å². The fourth-order valence-electron chi connectivity index (χ4n) is 4.45. The third-order valence-electron chi connectivity index (χ3n) is 6.67. The van der Waals surface area contributed by atoms with Crippen LogP contribution in [0.1, 0.15) is 42.8 Å². The highest BCUT2D eigenvalue weighted by atomic mass is 32.1. The number of hydrogen-bond donors (Lipinski definition) is 1. The Labute approximate surface area is 205 Å². The summed E-state index contributed by atoms with van der Waals surface area (Å²) in [7, 11) is 0. The number of primary amides is 1. The number of nitrogens with two attached hydrogens (primary N) is 1. The van der Waals surface area contributed by atoms with Crippen LogP contribution >= 0.6 is 11.3 Å². The van der Waals surface area contributed by atoms with E-state index in [0.29, 0.717) is 6.61 Å². The van der Waals surface area contributed by atoms with Gasteiger partial charge in [0.2, 0.25) is 6.41 Å². The molecule has 182 valence electrons. The van der Waals surface area contributed by atoms with Crippen LogP contribution in [-0.4, -0.2) is 36.0 Å². The number of para-hydroxylation sites is 1. The molecule has 3 aromatic rings. The van der Waals surface area contributed by atoms with E-state index < -0.39 is 0 Å². The molecule has 3 heterocycles. The van der Waals surface area contributed by atoms with Crippen molar-refractivity contribution in [1.82, 2.24) is 9.88 Å². The molecule has 2 N–H and O–H groups in total. The maximum atomic E-state index is 13.5. The molecular weight excluding hydrogens is 449 g/mol. The maximum absolute atomic E-state index is 13.5. The fourth-order valence-corrected chi connectivity index (χ4v) is 5.17. The number of pyridine rings is 1. The summed E-state index contributed by atoms with van der Waals surface area (Å²) in [5, 5.41) is -0.106. The van der Waals surface area contributed by atoms with Crippen molar-refractivity contribution in [2.24, 2.45) is 11.1 Å². The van der Waals surface area contributed by atoms with E-state index in [1.54, 1.807) is 6.07 Å². The second-order valence-electron chi connectivity index (χ2n) is 9.36. The number of hydrogen-bond acceptors (Lipinski definition) is 5. The zero-order valence-corrected chi connectivity index (χ0v) is 21.0. The van der Waals surface area contributed by atoms with Crippen LogP contribution in [0.4, 0.5) is 4.39 Å². The van der Waals surface area contributed by atoms with E-state index in [9.17, 15) is 4.39 Å². The van der Waals surface area contributed by atoms with Crippen molar-refractivity contribution in [3.8, 4) is 5.75 Å². The molecule has 34 heavy (non-hydrogen) atoms. The molecule has 1 unspecified atom stereocenters. The molecule has 7 heteroatoms. The number of aromatic nitrogens is 1. The molecule has 5 nitrogen and oxygen atoms in total. The van der Waals surface area contributed by atoms with Gasteiger partial charge in [-0.25, -0.2) is 0 Å². The van der Waals surface area contributed by atoms with Crippen molar-refractivity contribution in [2.45, 2.75) is 45.6 Å². The zero-order valence-electron chi connectivity index (χ0n) is 20.2. The first-order valence-corrected chi connectivity index (χ1v) is 12.4. The summed E-state index contributed by atoms with van der Waals surface area (Å²) >= 11 is 1.26. The standard InChI is InChI=1S/C26H31FN2OS.CH3NO/c1-20-9-10-21(17-28-20)25(2,3)29-16-15-26(18-29,14-13-23-11-12-24(27)31-23)19-30-22-7-5-4-6-8-22;2-1-3/h4-12,17H,13-16,18-19H2,1-3H3;1H,(H2,2,3). The van der Waals surface area contributed by atoms with E-state index in [4.69, 9.17) is 9.53 Å². The first-order valence-electron chi connectivity index (χ1n) is 11.5. The van der Waals surface area contributed by atoms with E-state index >= 15 is 0 Å². The lowest BCUT2D eigenvalue weighted by Gasteiger charge is -2.38. The van der Waals surface area contributed by atoms with Gasteiger partial charge in [-0.2, -0.15) is 4.39 Å². The molecule has 1 aromatic carbocycles. The summed E-state index contributed by atoms with van der Waals surface area (Å²) in [5.74, 6) is 0.907. The van der Waals surface area contributed by atoms with E-state index in [1.165, 1.54) is 16.9 Å². The normalized spacial score (nSPS) is 18.2. The first-order chi connectivity index (χ1) is 16.3. The molecule has 2 aromatic heterocycles. The maximum Gasteiger partial charge on any atom is 0.204 e. The van der Waals surface area contributed by atoms with Crippen LogP contribution in [-0.2, 0) is 16.8 Å². The monoisotopic (exact) mass is 483 g/mol. The summed E-state index contributed by atoms with van der Waals surface area (Å²) in [6.07, 6.45) is 5.19. The lowest BCUT2D eigenvalue weighted by Crippen LogP contribution is -2.42. The van der Waals surface area contributed by atoms with E-state index in [1.807, 2.05) is 49.5 Å². The van der Waals surface area contributed by atoms with Crippen LogP contribution in [0, 0.1) is 17.5 Å². The van der Waals surface area contributed by atoms with Gasteiger partial charge in [-0.05, 0) is 82.5 Å². The molecule has 0 saturated carbocycles.